The van der Waals surface area contributed by atoms with Crippen molar-refractivity contribution in [3.05, 3.63) is 23.2 Å². The number of nitrogens with zero attached hydrogens (tertiary/aromatic N) is 2. The molecule has 1 amide bonds. The van der Waals surface area contributed by atoms with Gasteiger partial charge in [-0.3, -0.25) is 4.79 Å². The van der Waals surface area contributed by atoms with Crippen LogP contribution < -0.4 is 0 Å². The Morgan fingerprint density at radius 3 is 2.70 bits per heavy atom. The van der Waals surface area contributed by atoms with Crippen LogP contribution in [0.15, 0.2) is 10.5 Å². The third-order valence-corrected chi connectivity index (χ3v) is 4.85. The van der Waals surface area contributed by atoms with Crippen LogP contribution in [0.4, 0.5) is 0 Å². The second-order valence-corrected chi connectivity index (χ2v) is 6.64. The van der Waals surface area contributed by atoms with E-state index in [1.807, 2.05) is 24.8 Å². The number of furan rings is 1. The molecule has 2 saturated heterocycles. The van der Waals surface area contributed by atoms with Gasteiger partial charge in [0.15, 0.2) is 0 Å². The SMILES string of the molecule is Cc1cc(C(=O)N2CC[C@]3(CCCN(C)C3)C2)c(C)o1. The summed E-state index contributed by atoms with van der Waals surface area (Å²) in [6.45, 7) is 7.87. The first-order chi connectivity index (χ1) is 9.49. The third kappa shape index (κ3) is 2.37. The second kappa shape index (κ2) is 4.92. The highest BCUT2D eigenvalue weighted by atomic mass is 16.3. The molecule has 110 valence electrons. The zero-order chi connectivity index (χ0) is 14.3. The first kappa shape index (κ1) is 13.7. The van der Waals surface area contributed by atoms with Gasteiger partial charge in [-0.05, 0) is 52.8 Å². The first-order valence-corrected chi connectivity index (χ1v) is 7.54. The Morgan fingerprint density at radius 1 is 1.25 bits per heavy atom. The van der Waals surface area contributed by atoms with Gasteiger partial charge in [0.25, 0.3) is 5.91 Å². The minimum Gasteiger partial charge on any atom is -0.466 e. The quantitative estimate of drug-likeness (QED) is 0.790. The number of carbonyl (C=O) groups is 1. The molecule has 4 heteroatoms. The van der Waals surface area contributed by atoms with Crippen LogP contribution >= 0.6 is 0 Å². The molecule has 1 aromatic rings. The number of carbonyl (C=O) groups excluding carboxylic acids is 1. The highest BCUT2D eigenvalue weighted by Gasteiger charge is 2.42. The van der Waals surface area contributed by atoms with Crippen LogP contribution in [0.2, 0.25) is 0 Å². The van der Waals surface area contributed by atoms with Gasteiger partial charge in [0.05, 0.1) is 5.56 Å². The maximum Gasteiger partial charge on any atom is 0.257 e. The molecule has 3 rings (SSSR count). The Morgan fingerprint density at radius 2 is 2.05 bits per heavy atom. The van der Waals surface area contributed by atoms with E-state index in [2.05, 4.69) is 11.9 Å². The molecule has 1 atom stereocenters. The molecule has 3 heterocycles. The van der Waals surface area contributed by atoms with E-state index >= 15 is 0 Å². The molecule has 1 aromatic heterocycles. The molecule has 1 spiro atoms. The molecule has 0 bridgehead atoms. The minimum absolute atomic E-state index is 0.143. The Hall–Kier alpha value is -1.29. The molecule has 20 heavy (non-hydrogen) atoms. The fourth-order valence-electron chi connectivity index (χ4n) is 3.91. The van der Waals surface area contributed by atoms with Gasteiger partial charge in [-0.15, -0.1) is 0 Å². The van der Waals surface area contributed by atoms with Crippen LogP contribution in [0.25, 0.3) is 0 Å². The number of piperidine rings is 1. The summed E-state index contributed by atoms with van der Waals surface area (Å²) in [5.74, 6) is 1.70. The number of likely N-dealkylation sites (tertiary alicyclic amines) is 2. The number of rotatable bonds is 1. The standard InChI is InChI=1S/C16H24N2O2/c1-12-9-14(13(2)20-12)15(19)18-8-6-16(11-18)5-4-7-17(3)10-16/h9H,4-8,10-11H2,1-3H3/t16-/m0/s1. The van der Waals surface area contributed by atoms with Crippen molar-refractivity contribution < 1.29 is 9.21 Å². The predicted octanol–water partition coefficient (Wildman–Crippen LogP) is 2.45. The molecular weight excluding hydrogens is 252 g/mol. The highest BCUT2D eigenvalue weighted by molar-refractivity contribution is 5.95. The highest BCUT2D eigenvalue weighted by Crippen LogP contribution is 2.39. The monoisotopic (exact) mass is 276 g/mol. The van der Waals surface area contributed by atoms with Crippen molar-refractivity contribution in [2.75, 3.05) is 33.2 Å². The zero-order valence-corrected chi connectivity index (χ0v) is 12.7. The van der Waals surface area contributed by atoms with E-state index < -0.39 is 0 Å². The summed E-state index contributed by atoms with van der Waals surface area (Å²) in [6, 6.07) is 1.87. The van der Waals surface area contributed by atoms with Crippen molar-refractivity contribution in [1.82, 2.24) is 9.80 Å². The zero-order valence-electron chi connectivity index (χ0n) is 12.7. The molecule has 0 radical (unpaired) electrons. The summed E-state index contributed by atoms with van der Waals surface area (Å²) < 4.78 is 5.49. The van der Waals surface area contributed by atoms with Crippen molar-refractivity contribution in [3.8, 4) is 0 Å². The first-order valence-electron chi connectivity index (χ1n) is 7.54. The molecule has 0 aliphatic carbocycles. The van der Waals surface area contributed by atoms with E-state index in [4.69, 9.17) is 4.42 Å². The molecule has 2 aliphatic heterocycles. The van der Waals surface area contributed by atoms with Crippen molar-refractivity contribution >= 4 is 5.91 Å². The van der Waals surface area contributed by atoms with Crippen molar-refractivity contribution in [2.24, 2.45) is 5.41 Å². The van der Waals surface area contributed by atoms with Gasteiger partial charge in [-0.25, -0.2) is 0 Å². The number of aryl methyl sites for hydroxylation is 2. The lowest BCUT2D eigenvalue weighted by Gasteiger charge is -2.38. The van der Waals surface area contributed by atoms with Crippen LogP contribution in [-0.2, 0) is 0 Å². The number of hydrogen-bond donors (Lipinski definition) is 0. The Balaban J connectivity index is 1.74. The van der Waals surface area contributed by atoms with Crippen LogP contribution in [0.1, 0.15) is 41.1 Å². The van der Waals surface area contributed by atoms with Gasteiger partial charge in [0, 0.05) is 25.0 Å². The van der Waals surface area contributed by atoms with Gasteiger partial charge in [0.1, 0.15) is 11.5 Å². The Kier molecular flexibility index (Phi) is 3.36. The Bertz CT molecular complexity index is 523. The summed E-state index contributed by atoms with van der Waals surface area (Å²) in [6.07, 6.45) is 3.64. The number of amides is 1. The molecule has 0 unspecified atom stereocenters. The predicted molar refractivity (Wildman–Crippen MR) is 77.9 cm³/mol. The van der Waals surface area contributed by atoms with E-state index in [9.17, 15) is 4.79 Å². The van der Waals surface area contributed by atoms with Crippen LogP contribution in [0, 0.1) is 19.3 Å². The fraction of sp³-hybridized carbons (Fsp3) is 0.688. The van der Waals surface area contributed by atoms with Gasteiger partial charge in [0.2, 0.25) is 0 Å². The molecule has 2 fully saturated rings. The average molecular weight is 276 g/mol. The van der Waals surface area contributed by atoms with Gasteiger partial charge in [-0.2, -0.15) is 0 Å². The lowest BCUT2D eigenvalue weighted by Crippen LogP contribution is -2.43. The van der Waals surface area contributed by atoms with E-state index in [0.717, 1.165) is 43.1 Å². The topological polar surface area (TPSA) is 36.7 Å². The lowest BCUT2D eigenvalue weighted by molar-refractivity contribution is 0.0721. The lowest BCUT2D eigenvalue weighted by atomic mass is 9.79. The minimum atomic E-state index is 0.143. The van der Waals surface area contributed by atoms with Crippen molar-refractivity contribution in [2.45, 2.75) is 33.1 Å². The van der Waals surface area contributed by atoms with Gasteiger partial charge >= 0.3 is 0 Å². The van der Waals surface area contributed by atoms with E-state index in [0.29, 0.717) is 5.41 Å². The fourth-order valence-corrected chi connectivity index (χ4v) is 3.91. The van der Waals surface area contributed by atoms with Crippen molar-refractivity contribution in [3.63, 3.8) is 0 Å². The smallest absolute Gasteiger partial charge is 0.257 e. The van der Waals surface area contributed by atoms with Gasteiger partial charge < -0.3 is 14.2 Å². The molecule has 4 nitrogen and oxygen atoms in total. The van der Waals surface area contributed by atoms with E-state index in [-0.39, 0.29) is 5.91 Å². The summed E-state index contributed by atoms with van der Waals surface area (Å²) >= 11 is 0. The van der Waals surface area contributed by atoms with Crippen molar-refractivity contribution in [1.29, 1.82) is 0 Å². The van der Waals surface area contributed by atoms with Crippen LogP contribution in [0.3, 0.4) is 0 Å². The summed E-state index contributed by atoms with van der Waals surface area (Å²) in [7, 11) is 2.19. The Labute approximate surface area is 120 Å². The summed E-state index contributed by atoms with van der Waals surface area (Å²) in [5, 5.41) is 0. The summed E-state index contributed by atoms with van der Waals surface area (Å²) in [5.41, 5.74) is 1.07. The molecule has 2 aliphatic rings. The van der Waals surface area contributed by atoms with E-state index in [1.54, 1.807) is 0 Å². The maximum atomic E-state index is 12.6. The molecular formula is C16H24N2O2. The van der Waals surface area contributed by atoms with Crippen LogP contribution in [0.5, 0.6) is 0 Å². The third-order valence-electron chi connectivity index (χ3n) is 4.85. The van der Waals surface area contributed by atoms with Crippen LogP contribution in [-0.4, -0.2) is 48.9 Å². The normalized spacial score (nSPS) is 27.4. The second-order valence-electron chi connectivity index (χ2n) is 6.64. The average Bonchev–Trinajstić information content (AvgIpc) is 2.93. The molecule has 0 N–H and O–H groups in total. The maximum absolute atomic E-state index is 12.6. The molecule has 0 aromatic carbocycles. The molecule has 0 saturated carbocycles. The number of hydrogen-bond acceptors (Lipinski definition) is 3. The largest absolute Gasteiger partial charge is 0.466 e. The van der Waals surface area contributed by atoms with Gasteiger partial charge in [-0.1, -0.05) is 0 Å². The van der Waals surface area contributed by atoms with E-state index in [1.165, 1.54) is 19.4 Å². The summed E-state index contributed by atoms with van der Waals surface area (Å²) in [4.78, 5) is 17.1.